The van der Waals surface area contributed by atoms with Crippen LogP contribution in [0.15, 0.2) is 30.3 Å². The molecule has 0 aliphatic carbocycles. The monoisotopic (exact) mass is 345 g/mol. The Balaban J connectivity index is 1.67. The van der Waals surface area contributed by atoms with Crippen LogP contribution in [0.5, 0.6) is 0 Å². The average molecular weight is 345 g/mol. The molecule has 1 aromatic rings. The highest BCUT2D eigenvalue weighted by molar-refractivity contribution is 5.89. The van der Waals surface area contributed by atoms with E-state index in [0.717, 1.165) is 5.56 Å². The first-order valence-corrected chi connectivity index (χ1v) is 8.66. The minimum Gasteiger partial charge on any atom is -0.354 e. The quantitative estimate of drug-likeness (QED) is 0.758. The molecule has 1 unspecified atom stereocenters. The molecule has 2 N–H and O–H groups in total. The lowest BCUT2D eigenvalue weighted by Gasteiger charge is -2.31. The lowest BCUT2D eigenvalue weighted by Crippen LogP contribution is -2.43. The molecule has 0 bridgehead atoms. The SMILES string of the molecule is CC(C)(C)N1CC(C(=O)NCCNC(=O)Cc2ccccc2)CC1=O. The summed E-state index contributed by atoms with van der Waals surface area (Å²) in [4.78, 5) is 37.8. The molecule has 0 aromatic heterocycles. The molecule has 1 aliphatic heterocycles. The third-order valence-corrected chi connectivity index (χ3v) is 4.26. The van der Waals surface area contributed by atoms with Gasteiger partial charge in [0.25, 0.3) is 0 Å². The van der Waals surface area contributed by atoms with Gasteiger partial charge in [-0.3, -0.25) is 14.4 Å². The van der Waals surface area contributed by atoms with Crippen LogP contribution in [0.2, 0.25) is 0 Å². The topological polar surface area (TPSA) is 78.5 Å². The first-order valence-electron chi connectivity index (χ1n) is 8.66. The number of likely N-dealkylation sites (tertiary alicyclic amines) is 1. The lowest BCUT2D eigenvalue weighted by molar-refractivity contribution is -0.132. The Kier molecular flexibility index (Phi) is 6.17. The van der Waals surface area contributed by atoms with Crippen LogP contribution >= 0.6 is 0 Å². The van der Waals surface area contributed by atoms with Crippen molar-refractivity contribution >= 4 is 17.7 Å². The number of rotatable bonds is 6. The minimum atomic E-state index is -0.313. The summed E-state index contributed by atoms with van der Waals surface area (Å²) < 4.78 is 0. The second-order valence-corrected chi connectivity index (χ2v) is 7.38. The number of nitrogens with zero attached hydrogens (tertiary/aromatic N) is 1. The largest absolute Gasteiger partial charge is 0.354 e. The molecule has 1 saturated heterocycles. The van der Waals surface area contributed by atoms with Gasteiger partial charge in [-0.25, -0.2) is 0 Å². The maximum atomic E-state index is 12.2. The molecule has 136 valence electrons. The highest BCUT2D eigenvalue weighted by atomic mass is 16.2. The van der Waals surface area contributed by atoms with Gasteiger partial charge in [0.1, 0.15) is 0 Å². The number of amides is 3. The van der Waals surface area contributed by atoms with E-state index in [1.807, 2.05) is 51.1 Å². The van der Waals surface area contributed by atoms with Crippen LogP contribution in [-0.2, 0) is 20.8 Å². The smallest absolute Gasteiger partial charge is 0.225 e. The van der Waals surface area contributed by atoms with E-state index in [-0.39, 0.29) is 35.6 Å². The Bertz CT molecular complexity index is 623. The van der Waals surface area contributed by atoms with Gasteiger partial charge in [-0.1, -0.05) is 30.3 Å². The summed E-state index contributed by atoms with van der Waals surface area (Å²) in [5.74, 6) is -0.497. The summed E-state index contributed by atoms with van der Waals surface area (Å²) in [7, 11) is 0. The van der Waals surface area contributed by atoms with Crippen LogP contribution in [0.25, 0.3) is 0 Å². The van der Waals surface area contributed by atoms with Gasteiger partial charge in [-0.15, -0.1) is 0 Å². The fraction of sp³-hybridized carbons (Fsp3) is 0.526. The molecule has 6 nitrogen and oxygen atoms in total. The van der Waals surface area contributed by atoms with E-state index in [4.69, 9.17) is 0 Å². The van der Waals surface area contributed by atoms with Crippen molar-refractivity contribution in [2.45, 2.75) is 39.2 Å². The molecule has 3 amide bonds. The number of benzene rings is 1. The van der Waals surface area contributed by atoms with Gasteiger partial charge in [0.2, 0.25) is 17.7 Å². The second kappa shape index (κ2) is 8.14. The molecule has 1 atom stereocenters. The summed E-state index contributed by atoms with van der Waals surface area (Å²) in [6.45, 7) is 7.09. The molecule has 0 saturated carbocycles. The maximum Gasteiger partial charge on any atom is 0.225 e. The maximum absolute atomic E-state index is 12.2. The first-order chi connectivity index (χ1) is 11.8. The van der Waals surface area contributed by atoms with Crippen LogP contribution in [0.4, 0.5) is 0 Å². The number of carbonyl (C=O) groups is 3. The van der Waals surface area contributed by atoms with E-state index in [9.17, 15) is 14.4 Å². The molecular formula is C19H27N3O3. The predicted molar refractivity (Wildman–Crippen MR) is 95.7 cm³/mol. The molecular weight excluding hydrogens is 318 g/mol. The Hall–Kier alpha value is -2.37. The molecule has 6 heteroatoms. The number of nitrogens with one attached hydrogen (secondary N) is 2. The van der Waals surface area contributed by atoms with E-state index in [0.29, 0.717) is 26.1 Å². The molecule has 1 fully saturated rings. The fourth-order valence-electron chi connectivity index (χ4n) is 2.91. The normalized spacial score (nSPS) is 17.5. The van der Waals surface area contributed by atoms with Crippen LogP contribution < -0.4 is 10.6 Å². The van der Waals surface area contributed by atoms with E-state index in [2.05, 4.69) is 10.6 Å². The van der Waals surface area contributed by atoms with Crippen molar-refractivity contribution in [1.29, 1.82) is 0 Å². The Morgan fingerprint density at radius 1 is 1.12 bits per heavy atom. The summed E-state index contributed by atoms with van der Waals surface area (Å²) in [6, 6.07) is 9.50. The Morgan fingerprint density at radius 2 is 1.76 bits per heavy atom. The van der Waals surface area contributed by atoms with E-state index >= 15 is 0 Å². The standard InChI is InChI=1S/C19H27N3O3/c1-19(2,3)22-13-15(12-17(22)24)18(25)21-10-9-20-16(23)11-14-7-5-4-6-8-14/h4-8,15H,9-13H2,1-3H3,(H,20,23)(H,21,25). The Labute approximate surface area is 149 Å². The molecule has 1 heterocycles. The van der Waals surface area contributed by atoms with Crippen molar-refractivity contribution in [3.8, 4) is 0 Å². The van der Waals surface area contributed by atoms with Crippen LogP contribution in [0.3, 0.4) is 0 Å². The zero-order valence-corrected chi connectivity index (χ0v) is 15.2. The van der Waals surface area contributed by atoms with Crippen molar-refractivity contribution < 1.29 is 14.4 Å². The highest BCUT2D eigenvalue weighted by Crippen LogP contribution is 2.25. The van der Waals surface area contributed by atoms with E-state index < -0.39 is 0 Å². The van der Waals surface area contributed by atoms with Crippen LogP contribution in [0.1, 0.15) is 32.8 Å². The van der Waals surface area contributed by atoms with Gasteiger partial charge in [0, 0.05) is 31.6 Å². The zero-order chi connectivity index (χ0) is 18.4. The number of carbonyl (C=O) groups excluding carboxylic acids is 3. The average Bonchev–Trinajstić information content (AvgIpc) is 2.94. The van der Waals surface area contributed by atoms with Gasteiger partial charge in [0.05, 0.1) is 12.3 Å². The lowest BCUT2D eigenvalue weighted by atomic mass is 10.1. The summed E-state index contributed by atoms with van der Waals surface area (Å²) in [6.07, 6.45) is 0.579. The van der Waals surface area contributed by atoms with Crippen molar-refractivity contribution in [1.82, 2.24) is 15.5 Å². The van der Waals surface area contributed by atoms with Crippen molar-refractivity contribution in [2.24, 2.45) is 5.92 Å². The van der Waals surface area contributed by atoms with Crippen molar-refractivity contribution in [3.63, 3.8) is 0 Å². The number of hydrogen-bond donors (Lipinski definition) is 2. The number of hydrogen-bond acceptors (Lipinski definition) is 3. The molecule has 1 aromatic carbocycles. The second-order valence-electron chi connectivity index (χ2n) is 7.38. The Morgan fingerprint density at radius 3 is 2.36 bits per heavy atom. The molecule has 0 spiro atoms. The van der Waals surface area contributed by atoms with E-state index in [1.165, 1.54) is 0 Å². The summed E-state index contributed by atoms with van der Waals surface area (Å²) in [5.41, 5.74) is 0.688. The van der Waals surface area contributed by atoms with Crippen molar-refractivity contribution in [2.75, 3.05) is 19.6 Å². The molecule has 25 heavy (non-hydrogen) atoms. The molecule has 2 rings (SSSR count). The van der Waals surface area contributed by atoms with Crippen molar-refractivity contribution in [3.05, 3.63) is 35.9 Å². The van der Waals surface area contributed by atoms with Gasteiger partial charge >= 0.3 is 0 Å². The third-order valence-electron chi connectivity index (χ3n) is 4.26. The van der Waals surface area contributed by atoms with Gasteiger partial charge < -0.3 is 15.5 Å². The van der Waals surface area contributed by atoms with Gasteiger partial charge in [-0.2, -0.15) is 0 Å². The first kappa shape index (κ1) is 19.0. The zero-order valence-electron chi connectivity index (χ0n) is 15.2. The van der Waals surface area contributed by atoms with Gasteiger partial charge in [-0.05, 0) is 26.3 Å². The molecule has 0 radical (unpaired) electrons. The third kappa shape index (κ3) is 5.59. The molecule has 1 aliphatic rings. The van der Waals surface area contributed by atoms with Gasteiger partial charge in [0.15, 0.2) is 0 Å². The van der Waals surface area contributed by atoms with Crippen LogP contribution in [-0.4, -0.2) is 47.8 Å². The summed E-state index contributed by atoms with van der Waals surface area (Å²) >= 11 is 0. The van der Waals surface area contributed by atoms with E-state index in [1.54, 1.807) is 4.90 Å². The van der Waals surface area contributed by atoms with Crippen LogP contribution in [0, 0.1) is 5.92 Å². The minimum absolute atomic E-state index is 0.0174. The predicted octanol–water partition coefficient (Wildman–Crippen LogP) is 1.11. The summed E-state index contributed by atoms with van der Waals surface area (Å²) in [5, 5.41) is 5.59. The fourth-order valence-corrected chi connectivity index (χ4v) is 2.91. The highest BCUT2D eigenvalue weighted by Gasteiger charge is 2.39.